The Bertz CT molecular complexity index is 1070. The molecule has 0 aliphatic heterocycles. The van der Waals surface area contributed by atoms with Crippen LogP contribution in [0.15, 0.2) is 30.5 Å². The van der Waals surface area contributed by atoms with Gasteiger partial charge < -0.3 is 31.8 Å². The van der Waals surface area contributed by atoms with Crippen LogP contribution in [0.4, 0.5) is 0 Å². The van der Waals surface area contributed by atoms with E-state index in [-0.39, 0.29) is 18.3 Å². The second-order valence-corrected chi connectivity index (χ2v) is 9.48. The van der Waals surface area contributed by atoms with Gasteiger partial charge >= 0.3 is 5.97 Å². The number of aliphatic carboxylic acids is 1. The third-order valence-electron chi connectivity index (χ3n) is 6.81. The largest absolute Gasteiger partial charge is 0.480 e. The Labute approximate surface area is 211 Å². The molecule has 6 atom stereocenters. The quantitative estimate of drug-likeness (QED) is 0.244. The van der Waals surface area contributed by atoms with E-state index in [4.69, 9.17) is 5.73 Å². The molecule has 0 saturated carbocycles. The van der Waals surface area contributed by atoms with Crippen molar-refractivity contribution in [3.8, 4) is 0 Å². The van der Waals surface area contributed by atoms with E-state index in [1.165, 1.54) is 6.92 Å². The minimum absolute atomic E-state index is 0.0662. The molecule has 0 fully saturated rings. The average Bonchev–Trinajstić information content (AvgIpc) is 3.27. The first-order valence-corrected chi connectivity index (χ1v) is 12.4. The van der Waals surface area contributed by atoms with Gasteiger partial charge in [-0.1, -0.05) is 58.7 Å². The maximum absolute atomic E-state index is 13.4. The van der Waals surface area contributed by atoms with Gasteiger partial charge in [-0.2, -0.15) is 0 Å². The molecule has 0 spiro atoms. The number of fused-ring (bicyclic) bond motifs is 1. The van der Waals surface area contributed by atoms with E-state index < -0.39 is 47.9 Å². The second-order valence-electron chi connectivity index (χ2n) is 9.48. The van der Waals surface area contributed by atoms with E-state index in [1.54, 1.807) is 6.20 Å². The Morgan fingerprint density at radius 1 is 0.917 bits per heavy atom. The summed E-state index contributed by atoms with van der Waals surface area (Å²) in [5.74, 6) is -3.08. The summed E-state index contributed by atoms with van der Waals surface area (Å²) < 4.78 is 0. The Hall–Kier alpha value is -3.40. The summed E-state index contributed by atoms with van der Waals surface area (Å²) in [4.78, 5) is 53.7. The van der Waals surface area contributed by atoms with Crippen LogP contribution in [0.5, 0.6) is 0 Å². The van der Waals surface area contributed by atoms with Gasteiger partial charge in [0.15, 0.2) is 0 Å². The van der Waals surface area contributed by atoms with Crippen molar-refractivity contribution in [3.63, 3.8) is 0 Å². The van der Waals surface area contributed by atoms with Gasteiger partial charge in [0.05, 0.1) is 6.04 Å². The lowest BCUT2D eigenvalue weighted by Crippen LogP contribution is -2.59. The molecule has 0 aliphatic carbocycles. The summed E-state index contributed by atoms with van der Waals surface area (Å²) in [5, 5.41) is 18.1. The van der Waals surface area contributed by atoms with E-state index in [1.807, 2.05) is 52.0 Å². The molecule has 10 heteroatoms. The molecular formula is C26H39N5O5. The van der Waals surface area contributed by atoms with Gasteiger partial charge in [0, 0.05) is 23.5 Å². The van der Waals surface area contributed by atoms with Crippen LogP contribution >= 0.6 is 0 Å². The van der Waals surface area contributed by atoms with Gasteiger partial charge in [-0.15, -0.1) is 0 Å². The first-order chi connectivity index (χ1) is 17.0. The van der Waals surface area contributed by atoms with Crippen molar-refractivity contribution in [2.24, 2.45) is 17.6 Å². The summed E-state index contributed by atoms with van der Waals surface area (Å²) in [7, 11) is 0. The molecule has 0 aliphatic rings. The molecule has 1 aromatic carbocycles. The number of amides is 3. The SMILES string of the molecule is CCC(C)C(N)C(=O)NC(C(=O)NC(Cc1c[nH]c2ccccc12)C(=O)NC(C)C(=O)O)C(C)CC. The van der Waals surface area contributed by atoms with Crippen LogP contribution in [-0.2, 0) is 25.6 Å². The van der Waals surface area contributed by atoms with Gasteiger partial charge in [0.2, 0.25) is 17.7 Å². The topological polar surface area (TPSA) is 166 Å². The fourth-order valence-electron chi connectivity index (χ4n) is 3.83. The zero-order chi connectivity index (χ0) is 27.0. The maximum Gasteiger partial charge on any atom is 0.325 e. The summed E-state index contributed by atoms with van der Waals surface area (Å²) >= 11 is 0. The van der Waals surface area contributed by atoms with Gasteiger partial charge in [0.25, 0.3) is 0 Å². The number of aromatic nitrogens is 1. The van der Waals surface area contributed by atoms with Crippen molar-refractivity contribution in [1.29, 1.82) is 0 Å². The normalized spacial score (nSPS) is 16.3. The summed E-state index contributed by atoms with van der Waals surface area (Å²) in [6, 6.07) is 3.67. The summed E-state index contributed by atoms with van der Waals surface area (Å²) in [6.07, 6.45) is 3.20. The molecular weight excluding hydrogens is 462 g/mol. The third-order valence-corrected chi connectivity index (χ3v) is 6.81. The second kappa shape index (κ2) is 13.1. The van der Waals surface area contributed by atoms with E-state index in [0.29, 0.717) is 12.8 Å². The van der Waals surface area contributed by atoms with Gasteiger partial charge in [-0.05, 0) is 30.4 Å². The molecule has 10 nitrogen and oxygen atoms in total. The van der Waals surface area contributed by atoms with Crippen molar-refractivity contribution in [1.82, 2.24) is 20.9 Å². The zero-order valence-corrected chi connectivity index (χ0v) is 21.6. The molecule has 1 heterocycles. The molecule has 0 radical (unpaired) electrons. The Morgan fingerprint density at radius 2 is 1.56 bits per heavy atom. The molecule has 6 unspecified atom stereocenters. The number of nitrogens with one attached hydrogen (secondary N) is 4. The van der Waals surface area contributed by atoms with Gasteiger partial charge in [-0.25, -0.2) is 0 Å². The van der Waals surface area contributed by atoms with Crippen LogP contribution in [0.25, 0.3) is 10.9 Å². The highest BCUT2D eigenvalue weighted by Gasteiger charge is 2.33. The number of hydrogen-bond acceptors (Lipinski definition) is 5. The molecule has 0 saturated heterocycles. The predicted molar refractivity (Wildman–Crippen MR) is 138 cm³/mol. The number of carboxylic acids is 1. The van der Waals surface area contributed by atoms with Crippen LogP contribution < -0.4 is 21.7 Å². The van der Waals surface area contributed by atoms with Crippen molar-refractivity contribution in [2.45, 2.75) is 78.0 Å². The number of carbonyl (C=O) groups is 4. The van der Waals surface area contributed by atoms with E-state index in [9.17, 15) is 24.3 Å². The lowest BCUT2D eigenvalue weighted by atomic mass is 9.95. The molecule has 0 bridgehead atoms. The van der Waals surface area contributed by atoms with E-state index in [0.717, 1.165) is 16.5 Å². The molecule has 1 aromatic heterocycles. The number of rotatable bonds is 13. The number of para-hydroxylation sites is 1. The number of H-pyrrole nitrogens is 1. The van der Waals surface area contributed by atoms with E-state index in [2.05, 4.69) is 20.9 Å². The lowest BCUT2D eigenvalue weighted by Gasteiger charge is -2.28. The molecule has 198 valence electrons. The smallest absolute Gasteiger partial charge is 0.325 e. The van der Waals surface area contributed by atoms with Crippen molar-refractivity contribution >= 4 is 34.6 Å². The first kappa shape index (κ1) is 28.8. The van der Waals surface area contributed by atoms with Crippen LogP contribution in [-0.4, -0.2) is 57.9 Å². The van der Waals surface area contributed by atoms with Crippen LogP contribution in [0.2, 0.25) is 0 Å². The fourth-order valence-corrected chi connectivity index (χ4v) is 3.83. The first-order valence-electron chi connectivity index (χ1n) is 12.4. The Morgan fingerprint density at radius 3 is 2.17 bits per heavy atom. The molecule has 2 rings (SSSR count). The van der Waals surface area contributed by atoms with Crippen molar-refractivity contribution in [2.75, 3.05) is 0 Å². The maximum atomic E-state index is 13.4. The number of nitrogens with two attached hydrogens (primary N) is 1. The standard InChI is InChI=1S/C26H39N5O5/c1-6-14(3)21(27)24(33)31-22(15(4)7-2)25(34)30-20(23(32)29-16(5)26(35)36)12-17-13-28-19-11-9-8-10-18(17)19/h8-11,13-16,20-22,28H,6-7,12,27H2,1-5H3,(H,29,32)(H,30,34)(H,31,33)(H,35,36). The number of benzene rings is 1. The highest BCUT2D eigenvalue weighted by Crippen LogP contribution is 2.20. The van der Waals surface area contributed by atoms with Gasteiger partial charge in [0.1, 0.15) is 18.1 Å². The summed E-state index contributed by atoms with van der Waals surface area (Å²) in [6.45, 7) is 8.89. The Balaban J connectivity index is 2.30. The fraction of sp³-hybridized carbons (Fsp3) is 0.538. The number of aromatic amines is 1. The van der Waals surface area contributed by atoms with Crippen LogP contribution in [0, 0.1) is 11.8 Å². The summed E-state index contributed by atoms with van der Waals surface area (Å²) in [5.41, 5.74) is 7.73. The van der Waals surface area contributed by atoms with Crippen LogP contribution in [0.3, 0.4) is 0 Å². The zero-order valence-electron chi connectivity index (χ0n) is 21.6. The predicted octanol–water partition coefficient (Wildman–Crippen LogP) is 1.69. The van der Waals surface area contributed by atoms with Crippen LogP contribution in [0.1, 0.15) is 53.0 Å². The molecule has 3 amide bonds. The minimum atomic E-state index is -1.19. The monoisotopic (exact) mass is 501 g/mol. The highest BCUT2D eigenvalue weighted by atomic mass is 16.4. The average molecular weight is 502 g/mol. The van der Waals surface area contributed by atoms with Gasteiger partial charge in [-0.3, -0.25) is 19.2 Å². The lowest BCUT2D eigenvalue weighted by molar-refractivity contribution is -0.141. The Kier molecular flexibility index (Phi) is 10.5. The number of carbonyl (C=O) groups excluding carboxylic acids is 3. The molecule has 2 aromatic rings. The highest BCUT2D eigenvalue weighted by molar-refractivity contribution is 5.95. The minimum Gasteiger partial charge on any atom is -0.480 e. The number of hydrogen-bond donors (Lipinski definition) is 6. The third kappa shape index (κ3) is 7.30. The molecule has 36 heavy (non-hydrogen) atoms. The van der Waals surface area contributed by atoms with E-state index >= 15 is 0 Å². The van der Waals surface area contributed by atoms with Crippen molar-refractivity contribution in [3.05, 3.63) is 36.0 Å². The molecule has 7 N–H and O–H groups in total. The number of carboxylic acid groups (broad SMARTS) is 1. The van der Waals surface area contributed by atoms with Crippen molar-refractivity contribution < 1.29 is 24.3 Å².